The Bertz CT molecular complexity index is 823. The summed E-state index contributed by atoms with van der Waals surface area (Å²) in [6.07, 6.45) is 0. The van der Waals surface area contributed by atoms with Crippen LogP contribution in [0.15, 0.2) is 36.4 Å². The number of halogens is 2. The predicted molar refractivity (Wildman–Crippen MR) is 97.8 cm³/mol. The number of methoxy groups -OCH3 is 2. The van der Waals surface area contributed by atoms with E-state index in [1.807, 2.05) is 0 Å². The molecule has 0 aliphatic rings. The van der Waals surface area contributed by atoms with Crippen LogP contribution in [0.3, 0.4) is 0 Å². The van der Waals surface area contributed by atoms with Crippen LogP contribution in [0, 0.1) is 5.82 Å². The number of ether oxygens (including phenoxy) is 3. The highest BCUT2D eigenvalue weighted by atomic mass is 35.5. The summed E-state index contributed by atoms with van der Waals surface area (Å²) in [4.78, 5) is 24.1. The molecule has 0 aliphatic heterocycles. The summed E-state index contributed by atoms with van der Waals surface area (Å²) in [6, 6.07) is 8.55. The van der Waals surface area contributed by atoms with Gasteiger partial charge in [0.05, 0.1) is 25.3 Å². The second kappa shape index (κ2) is 9.23. The molecule has 0 spiro atoms. The molecule has 6 nitrogen and oxygen atoms in total. The summed E-state index contributed by atoms with van der Waals surface area (Å²) in [5.41, 5.74) is 0.281. The predicted octanol–water partition coefficient (Wildman–Crippen LogP) is 3.53. The molecule has 144 valence electrons. The van der Waals surface area contributed by atoms with Gasteiger partial charge in [0.1, 0.15) is 22.9 Å². The second-order valence-electron chi connectivity index (χ2n) is 5.57. The van der Waals surface area contributed by atoms with E-state index in [9.17, 15) is 14.0 Å². The average molecular weight is 396 g/mol. The van der Waals surface area contributed by atoms with Gasteiger partial charge in [0.15, 0.2) is 6.61 Å². The second-order valence-corrected chi connectivity index (χ2v) is 5.98. The molecule has 2 rings (SSSR count). The maximum atomic E-state index is 13.7. The Labute approximate surface area is 161 Å². The Hall–Kier alpha value is -2.80. The van der Waals surface area contributed by atoms with Crippen molar-refractivity contribution in [2.24, 2.45) is 0 Å². The Morgan fingerprint density at radius 3 is 2.56 bits per heavy atom. The minimum atomic E-state index is -1.01. The van der Waals surface area contributed by atoms with Crippen molar-refractivity contribution in [2.75, 3.05) is 20.8 Å². The lowest BCUT2D eigenvalue weighted by Gasteiger charge is -2.18. The van der Waals surface area contributed by atoms with Gasteiger partial charge < -0.3 is 19.5 Å². The van der Waals surface area contributed by atoms with Crippen molar-refractivity contribution >= 4 is 23.5 Å². The number of hydrogen-bond donors (Lipinski definition) is 1. The molecule has 1 N–H and O–H groups in total. The molecule has 1 atom stereocenters. The first kappa shape index (κ1) is 20.5. The number of amides is 1. The van der Waals surface area contributed by atoms with Gasteiger partial charge in [-0.25, -0.2) is 9.18 Å². The van der Waals surface area contributed by atoms with E-state index in [4.69, 9.17) is 25.8 Å². The van der Waals surface area contributed by atoms with Crippen LogP contribution in [-0.4, -0.2) is 32.7 Å². The van der Waals surface area contributed by atoms with Gasteiger partial charge in [0, 0.05) is 5.56 Å². The van der Waals surface area contributed by atoms with Gasteiger partial charge in [0.2, 0.25) is 0 Å². The van der Waals surface area contributed by atoms with Crippen molar-refractivity contribution in [3.63, 3.8) is 0 Å². The van der Waals surface area contributed by atoms with Crippen LogP contribution in [-0.2, 0) is 9.53 Å². The first-order valence-electron chi connectivity index (χ1n) is 7.99. The molecule has 2 aromatic rings. The molecule has 2 aromatic carbocycles. The molecule has 0 aromatic heterocycles. The minimum Gasteiger partial charge on any atom is -0.497 e. The molecule has 0 saturated carbocycles. The molecule has 0 radical (unpaired) electrons. The third-order valence-electron chi connectivity index (χ3n) is 3.78. The number of carbonyl (C=O) groups excluding carboxylic acids is 2. The van der Waals surface area contributed by atoms with Crippen LogP contribution < -0.4 is 14.8 Å². The highest BCUT2D eigenvalue weighted by Gasteiger charge is 2.20. The highest BCUT2D eigenvalue weighted by Crippen LogP contribution is 2.29. The fourth-order valence-corrected chi connectivity index (χ4v) is 2.67. The molecule has 0 bridgehead atoms. The molecule has 0 fully saturated rings. The normalized spacial score (nSPS) is 11.4. The number of rotatable bonds is 7. The van der Waals surface area contributed by atoms with E-state index in [1.165, 1.54) is 26.4 Å². The Balaban J connectivity index is 2.00. The number of hydrogen-bond acceptors (Lipinski definition) is 5. The minimum absolute atomic E-state index is 0.0881. The van der Waals surface area contributed by atoms with E-state index in [1.54, 1.807) is 25.1 Å². The first-order valence-corrected chi connectivity index (χ1v) is 8.37. The van der Waals surface area contributed by atoms with E-state index in [0.29, 0.717) is 17.1 Å². The first-order chi connectivity index (χ1) is 12.9. The topological polar surface area (TPSA) is 73.9 Å². The zero-order valence-corrected chi connectivity index (χ0v) is 15.8. The van der Waals surface area contributed by atoms with Gasteiger partial charge in [-0.15, -0.1) is 0 Å². The lowest BCUT2D eigenvalue weighted by atomic mass is 10.1. The van der Waals surface area contributed by atoms with E-state index in [0.717, 1.165) is 6.07 Å². The van der Waals surface area contributed by atoms with Crippen molar-refractivity contribution in [3.8, 4) is 11.5 Å². The van der Waals surface area contributed by atoms with E-state index in [2.05, 4.69) is 5.32 Å². The third kappa shape index (κ3) is 5.10. The monoisotopic (exact) mass is 395 g/mol. The molecular weight excluding hydrogens is 377 g/mol. The van der Waals surface area contributed by atoms with Crippen LogP contribution in [0.1, 0.15) is 28.9 Å². The quantitative estimate of drug-likeness (QED) is 0.726. The van der Waals surface area contributed by atoms with Crippen molar-refractivity contribution in [3.05, 3.63) is 58.4 Å². The summed E-state index contributed by atoms with van der Waals surface area (Å²) < 4.78 is 29.0. The van der Waals surface area contributed by atoms with Gasteiger partial charge in [0.25, 0.3) is 5.91 Å². The molecule has 0 heterocycles. The molecule has 1 amide bonds. The van der Waals surface area contributed by atoms with Crippen molar-refractivity contribution < 1.29 is 28.2 Å². The average Bonchev–Trinajstić information content (AvgIpc) is 2.65. The number of esters is 1. The van der Waals surface area contributed by atoms with Crippen LogP contribution in [0.25, 0.3) is 0 Å². The lowest BCUT2D eigenvalue weighted by molar-refractivity contribution is -0.124. The van der Waals surface area contributed by atoms with Crippen LogP contribution in [0.5, 0.6) is 11.5 Å². The van der Waals surface area contributed by atoms with Crippen LogP contribution >= 0.6 is 11.6 Å². The SMILES string of the molecule is COc1ccc(OC)c([C@@H](C)NC(=O)COC(=O)c2c(F)cccc2Cl)c1. The maximum absolute atomic E-state index is 13.7. The largest absolute Gasteiger partial charge is 0.497 e. The van der Waals surface area contributed by atoms with Crippen molar-refractivity contribution in [1.82, 2.24) is 5.32 Å². The van der Waals surface area contributed by atoms with Crippen molar-refractivity contribution in [1.29, 1.82) is 0 Å². The highest BCUT2D eigenvalue weighted by molar-refractivity contribution is 6.33. The summed E-state index contributed by atoms with van der Waals surface area (Å²) in [5.74, 6) is -1.22. The Kier molecular flexibility index (Phi) is 7.01. The Morgan fingerprint density at radius 2 is 1.93 bits per heavy atom. The maximum Gasteiger partial charge on any atom is 0.343 e. The standard InChI is InChI=1S/C19H19ClFNO5/c1-11(13-9-12(25-2)7-8-16(13)26-3)22-17(23)10-27-19(24)18-14(20)5-4-6-15(18)21/h4-9,11H,10H2,1-3H3,(H,22,23)/t11-/m1/s1. The fraction of sp³-hybridized carbons (Fsp3) is 0.263. The fourth-order valence-electron chi connectivity index (χ4n) is 2.43. The molecular formula is C19H19ClFNO5. The van der Waals surface area contributed by atoms with E-state index < -0.39 is 35.9 Å². The molecule has 0 aliphatic carbocycles. The summed E-state index contributed by atoms with van der Waals surface area (Å²) in [7, 11) is 3.04. The number of carbonyl (C=O) groups is 2. The zero-order chi connectivity index (χ0) is 20.0. The third-order valence-corrected chi connectivity index (χ3v) is 4.10. The van der Waals surface area contributed by atoms with E-state index in [-0.39, 0.29) is 5.02 Å². The summed E-state index contributed by atoms with van der Waals surface area (Å²) in [5, 5.41) is 2.59. The number of nitrogens with one attached hydrogen (secondary N) is 1. The van der Waals surface area contributed by atoms with Crippen molar-refractivity contribution in [2.45, 2.75) is 13.0 Å². The van der Waals surface area contributed by atoms with Crippen LogP contribution in [0.2, 0.25) is 5.02 Å². The lowest BCUT2D eigenvalue weighted by Crippen LogP contribution is -2.31. The summed E-state index contributed by atoms with van der Waals surface area (Å²) >= 11 is 5.80. The van der Waals surface area contributed by atoms with Gasteiger partial charge >= 0.3 is 5.97 Å². The van der Waals surface area contributed by atoms with Gasteiger partial charge in [-0.1, -0.05) is 17.7 Å². The zero-order valence-electron chi connectivity index (χ0n) is 15.0. The molecule has 0 unspecified atom stereocenters. The smallest absolute Gasteiger partial charge is 0.343 e. The van der Waals surface area contributed by atoms with Crippen LogP contribution in [0.4, 0.5) is 4.39 Å². The molecule has 8 heteroatoms. The van der Waals surface area contributed by atoms with Gasteiger partial charge in [-0.2, -0.15) is 0 Å². The summed E-state index contributed by atoms with van der Waals surface area (Å²) in [6.45, 7) is 1.16. The van der Waals surface area contributed by atoms with E-state index >= 15 is 0 Å². The van der Waals surface area contributed by atoms with Gasteiger partial charge in [-0.05, 0) is 37.3 Å². The number of benzene rings is 2. The molecule has 0 saturated heterocycles. The molecule has 27 heavy (non-hydrogen) atoms. The Morgan fingerprint density at radius 1 is 1.19 bits per heavy atom. The van der Waals surface area contributed by atoms with Gasteiger partial charge in [-0.3, -0.25) is 4.79 Å².